The van der Waals surface area contributed by atoms with Crippen molar-refractivity contribution in [1.29, 1.82) is 5.26 Å². The number of anilines is 1. The highest BCUT2D eigenvalue weighted by molar-refractivity contribution is 14.1. The average molecular weight is 343 g/mol. The van der Waals surface area contributed by atoms with Crippen LogP contribution in [0, 0.1) is 14.9 Å². The summed E-state index contributed by atoms with van der Waals surface area (Å²) >= 11 is 2.12. The van der Waals surface area contributed by atoms with Gasteiger partial charge in [-0.2, -0.15) is 10.4 Å². The number of nitriles is 1. The Morgan fingerprint density at radius 1 is 1.59 bits per heavy atom. The normalized spacial score (nSPS) is 10.5. The van der Waals surface area contributed by atoms with E-state index in [1.54, 1.807) is 19.1 Å². The Morgan fingerprint density at radius 3 is 2.88 bits per heavy atom. The molecule has 0 amide bonds. The molecule has 0 spiro atoms. The van der Waals surface area contributed by atoms with Crippen LogP contribution in [0.25, 0.3) is 0 Å². The van der Waals surface area contributed by atoms with Crippen molar-refractivity contribution in [2.24, 2.45) is 5.10 Å². The van der Waals surface area contributed by atoms with Crippen LogP contribution in [0.5, 0.6) is 0 Å². The van der Waals surface area contributed by atoms with E-state index >= 15 is 0 Å². The minimum atomic E-state index is -0.728. The van der Waals surface area contributed by atoms with Crippen molar-refractivity contribution in [3.8, 4) is 6.07 Å². The molecule has 1 aromatic carbocycles. The first-order valence-corrected chi connectivity index (χ1v) is 5.92. The van der Waals surface area contributed by atoms with Gasteiger partial charge < -0.3 is 4.74 Å². The molecule has 0 atom stereocenters. The van der Waals surface area contributed by atoms with Gasteiger partial charge in [-0.1, -0.05) is 12.1 Å². The molecule has 0 aliphatic heterocycles. The number of hydrazone groups is 1. The van der Waals surface area contributed by atoms with E-state index in [1.807, 2.05) is 18.2 Å². The molecule has 1 rings (SSSR count). The van der Waals surface area contributed by atoms with Gasteiger partial charge in [-0.3, -0.25) is 5.43 Å². The van der Waals surface area contributed by atoms with Gasteiger partial charge in [0.15, 0.2) is 0 Å². The molecule has 1 aromatic rings. The zero-order chi connectivity index (χ0) is 12.7. The number of hydrogen-bond donors (Lipinski definition) is 1. The van der Waals surface area contributed by atoms with Gasteiger partial charge in [-0.25, -0.2) is 4.79 Å². The summed E-state index contributed by atoms with van der Waals surface area (Å²) in [6.07, 6.45) is 0. The molecule has 88 valence electrons. The Bertz CT molecular complexity index is 480. The van der Waals surface area contributed by atoms with Gasteiger partial charge in [0.25, 0.3) is 0 Å². The Labute approximate surface area is 113 Å². The summed E-state index contributed by atoms with van der Waals surface area (Å²) < 4.78 is 5.62. The number of ether oxygens (including phenoxy) is 1. The zero-order valence-corrected chi connectivity index (χ0v) is 11.3. The van der Waals surface area contributed by atoms with Crippen LogP contribution in [0.2, 0.25) is 0 Å². The van der Waals surface area contributed by atoms with Crippen molar-refractivity contribution in [3.63, 3.8) is 0 Å². The molecule has 0 aliphatic rings. The highest BCUT2D eigenvalue weighted by Gasteiger charge is 2.11. The van der Waals surface area contributed by atoms with Gasteiger partial charge in [-0.05, 0) is 41.6 Å². The fourth-order valence-electron chi connectivity index (χ4n) is 0.984. The van der Waals surface area contributed by atoms with Gasteiger partial charge in [0.1, 0.15) is 6.07 Å². The topological polar surface area (TPSA) is 74.5 Å². The lowest BCUT2D eigenvalue weighted by molar-refractivity contribution is -0.134. The van der Waals surface area contributed by atoms with Crippen LogP contribution >= 0.6 is 22.6 Å². The van der Waals surface area contributed by atoms with Crippen molar-refractivity contribution in [3.05, 3.63) is 27.8 Å². The van der Waals surface area contributed by atoms with E-state index in [-0.39, 0.29) is 12.3 Å². The molecule has 0 saturated heterocycles. The minimum absolute atomic E-state index is 0.211. The van der Waals surface area contributed by atoms with Crippen LogP contribution in [-0.2, 0) is 9.53 Å². The predicted molar refractivity (Wildman–Crippen MR) is 72.5 cm³/mol. The van der Waals surface area contributed by atoms with Gasteiger partial charge in [0.2, 0.25) is 5.71 Å². The molecule has 0 aromatic heterocycles. The number of nitrogens with one attached hydrogen (secondary N) is 1. The Morgan fingerprint density at radius 2 is 2.29 bits per heavy atom. The molecule has 0 aliphatic carbocycles. The number of hydrogen-bond acceptors (Lipinski definition) is 5. The van der Waals surface area contributed by atoms with Crippen molar-refractivity contribution in [2.75, 3.05) is 12.0 Å². The summed E-state index contributed by atoms with van der Waals surface area (Å²) in [5.41, 5.74) is 3.09. The smallest absolute Gasteiger partial charge is 0.369 e. The van der Waals surface area contributed by atoms with E-state index in [2.05, 4.69) is 37.9 Å². The van der Waals surface area contributed by atoms with Crippen LogP contribution in [0.4, 0.5) is 5.69 Å². The molecular formula is C11H10IN3O2. The molecule has 5 nitrogen and oxygen atoms in total. The molecule has 17 heavy (non-hydrogen) atoms. The summed E-state index contributed by atoms with van der Waals surface area (Å²) in [5.74, 6) is -0.728. The van der Waals surface area contributed by atoms with E-state index in [9.17, 15) is 4.79 Å². The second kappa shape index (κ2) is 6.85. The number of rotatable bonds is 4. The van der Waals surface area contributed by atoms with Crippen LogP contribution in [0.3, 0.4) is 0 Å². The van der Waals surface area contributed by atoms with Crippen molar-refractivity contribution >= 4 is 40.0 Å². The van der Waals surface area contributed by atoms with E-state index < -0.39 is 5.97 Å². The second-order valence-corrected chi connectivity index (χ2v) is 4.05. The molecule has 0 bridgehead atoms. The third-order valence-corrected chi connectivity index (χ3v) is 2.68. The maximum absolute atomic E-state index is 11.3. The van der Waals surface area contributed by atoms with Gasteiger partial charge >= 0.3 is 5.97 Å². The lowest BCUT2D eigenvalue weighted by atomic mass is 10.3. The molecule has 0 fully saturated rings. The largest absolute Gasteiger partial charge is 0.461 e. The van der Waals surface area contributed by atoms with E-state index in [0.29, 0.717) is 0 Å². The van der Waals surface area contributed by atoms with E-state index in [0.717, 1.165) is 9.26 Å². The maximum atomic E-state index is 11.3. The van der Waals surface area contributed by atoms with E-state index in [4.69, 9.17) is 5.26 Å². The molecule has 1 N–H and O–H groups in total. The van der Waals surface area contributed by atoms with Crippen molar-refractivity contribution < 1.29 is 9.53 Å². The molecule has 0 radical (unpaired) electrons. The average Bonchev–Trinajstić information content (AvgIpc) is 2.32. The summed E-state index contributed by atoms with van der Waals surface area (Å²) in [6.45, 7) is 1.88. The fourth-order valence-corrected chi connectivity index (χ4v) is 1.49. The highest BCUT2D eigenvalue weighted by Crippen LogP contribution is 2.16. The standard InChI is InChI=1S/C11H10IN3O2/c1-2-17-11(16)10(7-13)15-14-9-6-4-3-5-8(9)12/h3-6,14H,2H2,1H3/b15-10+. The highest BCUT2D eigenvalue weighted by atomic mass is 127. The minimum Gasteiger partial charge on any atom is -0.461 e. The summed E-state index contributed by atoms with van der Waals surface area (Å²) in [4.78, 5) is 11.3. The number of halogens is 1. The summed E-state index contributed by atoms with van der Waals surface area (Å²) in [7, 11) is 0. The van der Waals surface area contributed by atoms with Gasteiger partial charge in [0, 0.05) is 3.57 Å². The first kappa shape index (κ1) is 13.4. The summed E-state index contributed by atoms with van der Waals surface area (Å²) in [6, 6.07) is 9.08. The molecule has 0 unspecified atom stereocenters. The van der Waals surface area contributed by atoms with Crippen molar-refractivity contribution in [2.45, 2.75) is 6.92 Å². The van der Waals surface area contributed by atoms with Crippen LogP contribution in [0.15, 0.2) is 29.4 Å². The molecule has 0 heterocycles. The monoisotopic (exact) mass is 343 g/mol. The lowest BCUT2D eigenvalue weighted by Gasteiger charge is -2.03. The first-order chi connectivity index (χ1) is 8.19. The number of benzene rings is 1. The quantitative estimate of drug-likeness (QED) is 0.393. The lowest BCUT2D eigenvalue weighted by Crippen LogP contribution is -2.17. The zero-order valence-electron chi connectivity index (χ0n) is 9.11. The maximum Gasteiger partial charge on any atom is 0.369 e. The Balaban J connectivity index is 2.79. The number of esters is 1. The number of carbonyl (C=O) groups is 1. The van der Waals surface area contributed by atoms with E-state index in [1.165, 1.54) is 0 Å². The number of nitrogens with zero attached hydrogens (tertiary/aromatic N) is 2. The Hall–Kier alpha value is -1.62. The third-order valence-electron chi connectivity index (χ3n) is 1.74. The SMILES string of the molecule is CCOC(=O)/C(C#N)=N/Nc1ccccc1I. The van der Waals surface area contributed by atoms with Crippen molar-refractivity contribution in [1.82, 2.24) is 0 Å². The van der Waals surface area contributed by atoms with Crippen LogP contribution in [-0.4, -0.2) is 18.3 Å². The number of carbonyl (C=O) groups excluding carboxylic acids is 1. The van der Waals surface area contributed by atoms with Gasteiger partial charge in [-0.15, -0.1) is 0 Å². The predicted octanol–water partition coefficient (Wildman–Crippen LogP) is 2.15. The third kappa shape index (κ3) is 4.03. The molecule has 6 heteroatoms. The molecular weight excluding hydrogens is 333 g/mol. The number of para-hydroxylation sites is 1. The summed E-state index contributed by atoms with van der Waals surface area (Å²) in [5, 5.41) is 12.5. The Kier molecular flexibility index (Phi) is 5.42. The first-order valence-electron chi connectivity index (χ1n) is 4.84. The van der Waals surface area contributed by atoms with Crippen LogP contribution < -0.4 is 5.43 Å². The second-order valence-electron chi connectivity index (χ2n) is 2.88. The van der Waals surface area contributed by atoms with Crippen LogP contribution in [0.1, 0.15) is 6.92 Å². The molecule has 0 saturated carbocycles. The fraction of sp³-hybridized carbons (Fsp3) is 0.182. The van der Waals surface area contributed by atoms with Gasteiger partial charge in [0.05, 0.1) is 12.3 Å².